The zero-order valence-electron chi connectivity index (χ0n) is 9.78. The number of amides is 3. The highest BCUT2D eigenvalue weighted by Gasteiger charge is 2.17. The van der Waals surface area contributed by atoms with E-state index in [1.807, 2.05) is 13.8 Å². The van der Waals surface area contributed by atoms with E-state index in [1.165, 1.54) is 0 Å². The number of urea groups is 1. The summed E-state index contributed by atoms with van der Waals surface area (Å²) in [6.45, 7) is 6.12. The number of hydrogen-bond donors (Lipinski definition) is 2. The Morgan fingerprint density at radius 2 is 1.94 bits per heavy atom. The van der Waals surface area contributed by atoms with Crippen LogP contribution in [0.5, 0.6) is 0 Å². The molecule has 0 atom stereocenters. The van der Waals surface area contributed by atoms with Crippen molar-refractivity contribution in [2.24, 2.45) is 0 Å². The lowest BCUT2D eigenvalue weighted by Crippen LogP contribution is -2.48. The number of nitrogens with one attached hydrogen (secondary N) is 2. The number of morpholine rings is 1. The van der Waals surface area contributed by atoms with E-state index in [0.717, 1.165) is 0 Å². The van der Waals surface area contributed by atoms with Gasteiger partial charge in [0, 0.05) is 19.1 Å². The molecule has 0 bridgehead atoms. The largest absolute Gasteiger partial charge is 0.378 e. The van der Waals surface area contributed by atoms with E-state index in [1.54, 1.807) is 4.90 Å². The monoisotopic (exact) mass is 229 g/mol. The van der Waals surface area contributed by atoms with Crippen molar-refractivity contribution in [2.75, 3.05) is 32.8 Å². The zero-order valence-corrected chi connectivity index (χ0v) is 9.78. The van der Waals surface area contributed by atoms with Crippen LogP contribution in [0.3, 0.4) is 0 Å². The molecular weight excluding hydrogens is 210 g/mol. The Balaban J connectivity index is 2.21. The second-order valence-electron chi connectivity index (χ2n) is 3.97. The molecule has 1 heterocycles. The maximum absolute atomic E-state index is 11.6. The lowest BCUT2D eigenvalue weighted by Gasteiger charge is -2.26. The van der Waals surface area contributed by atoms with Crippen molar-refractivity contribution in [2.45, 2.75) is 19.9 Å². The third kappa shape index (κ3) is 4.48. The van der Waals surface area contributed by atoms with Gasteiger partial charge in [-0.2, -0.15) is 0 Å². The van der Waals surface area contributed by atoms with E-state index in [0.29, 0.717) is 26.3 Å². The zero-order chi connectivity index (χ0) is 12.0. The molecule has 0 aromatic carbocycles. The third-order valence-electron chi connectivity index (χ3n) is 2.18. The quantitative estimate of drug-likeness (QED) is 0.689. The molecule has 0 saturated carbocycles. The summed E-state index contributed by atoms with van der Waals surface area (Å²) in [5.74, 6) is -0.0674. The molecular formula is C10H19N3O3. The van der Waals surface area contributed by atoms with Gasteiger partial charge in [-0.05, 0) is 13.8 Å². The molecule has 1 aliphatic rings. The molecule has 6 nitrogen and oxygen atoms in total. The molecule has 0 spiro atoms. The van der Waals surface area contributed by atoms with Crippen molar-refractivity contribution < 1.29 is 14.3 Å². The Morgan fingerprint density at radius 3 is 2.50 bits per heavy atom. The molecule has 0 aliphatic carbocycles. The predicted molar refractivity (Wildman–Crippen MR) is 59.1 cm³/mol. The van der Waals surface area contributed by atoms with Crippen LogP contribution in [0.1, 0.15) is 13.8 Å². The van der Waals surface area contributed by atoms with Gasteiger partial charge in [0.1, 0.15) is 0 Å². The van der Waals surface area contributed by atoms with Crippen molar-refractivity contribution in [1.82, 2.24) is 15.5 Å². The Labute approximate surface area is 95.3 Å². The number of carbonyl (C=O) groups excluding carboxylic acids is 2. The van der Waals surface area contributed by atoms with Crippen LogP contribution < -0.4 is 10.6 Å². The fraction of sp³-hybridized carbons (Fsp3) is 0.800. The molecule has 2 N–H and O–H groups in total. The minimum atomic E-state index is -0.309. The summed E-state index contributed by atoms with van der Waals surface area (Å²) in [6.07, 6.45) is 0. The molecule has 0 aromatic rings. The van der Waals surface area contributed by atoms with Gasteiger partial charge in [-0.25, -0.2) is 4.79 Å². The maximum atomic E-state index is 11.6. The summed E-state index contributed by atoms with van der Waals surface area (Å²) in [6, 6.07) is -0.241. The summed E-state index contributed by atoms with van der Waals surface area (Å²) in [5, 5.41) is 5.18. The second-order valence-corrected chi connectivity index (χ2v) is 3.97. The van der Waals surface area contributed by atoms with Crippen LogP contribution in [0.2, 0.25) is 0 Å². The van der Waals surface area contributed by atoms with Crippen molar-refractivity contribution in [3.63, 3.8) is 0 Å². The first-order valence-electron chi connectivity index (χ1n) is 5.49. The molecule has 0 unspecified atom stereocenters. The van der Waals surface area contributed by atoms with Crippen molar-refractivity contribution in [3.8, 4) is 0 Å². The fourth-order valence-corrected chi connectivity index (χ4v) is 1.39. The van der Waals surface area contributed by atoms with Crippen LogP contribution in [0.25, 0.3) is 0 Å². The molecule has 1 aliphatic heterocycles. The van der Waals surface area contributed by atoms with Gasteiger partial charge < -0.3 is 20.3 Å². The van der Waals surface area contributed by atoms with Gasteiger partial charge in [-0.1, -0.05) is 0 Å². The lowest BCUT2D eigenvalue weighted by molar-refractivity contribution is -0.134. The minimum absolute atomic E-state index is 0.0402. The molecule has 0 aromatic heterocycles. The molecule has 0 radical (unpaired) electrons. The van der Waals surface area contributed by atoms with Gasteiger partial charge in [0.2, 0.25) is 5.91 Å². The molecule has 1 saturated heterocycles. The van der Waals surface area contributed by atoms with Gasteiger partial charge in [0.25, 0.3) is 0 Å². The normalized spacial score (nSPS) is 16.1. The Morgan fingerprint density at radius 1 is 1.31 bits per heavy atom. The maximum Gasteiger partial charge on any atom is 0.315 e. The third-order valence-corrected chi connectivity index (χ3v) is 2.18. The topological polar surface area (TPSA) is 70.7 Å². The van der Waals surface area contributed by atoms with Crippen LogP contribution in [-0.4, -0.2) is 55.7 Å². The Bertz CT molecular complexity index is 250. The highest BCUT2D eigenvalue weighted by Crippen LogP contribution is 1.96. The van der Waals surface area contributed by atoms with E-state index in [4.69, 9.17) is 4.74 Å². The number of carbonyl (C=O) groups is 2. The van der Waals surface area contributed by atoms with E-state index >= 15 is 0 Å². The number of rotatable bonds is 3. The fourth-order valence-electron chi connectivity index (χ4n) is 1.39. The predicted octanol–water partition coefficient (Wildman–Crippen LogP) is -0.447. The highest BCUT2D eigenvalue weighted by atomic mass is 16.5. The van der Waals surface area contributed by atoms with Gasteiger partial charge in [0.05, 0.1) is 19.8 Å². The van der Waals surface area contributed by atoms with Crippen LogP contribution in [0, 0.1) is 0 Å². The SMILES string of the molecule is CC(C)NC(=O)NCC(=O)N1CCOCC1. The van der Waals surface area contributed by atoms with Gasteiger partial charge in [-0.15, -0.1) is 0 Å². The summed E-state index contributed by atoms with van der Waals surface area (Å²) >= 11 is 0. The molecule has 1 fully saturated rings. The Hall–Kier alpha value is -1.30. The molecule has 92 valence electrons. The van der Waals surface area contributed by atoms with Crippen LogP contribution in [-0.2, 0) is 9.53 Å². The van der Waals surface area contributed by atoms with Crippen LogP contribution in [0.15, 0.2) is 0 Å². The first-order valence-corrected chi connectivity index (χ1v) is 5.49. The van der Waals surface area contributed by atoms with E-state index < -0.39 is 0 Å². The first kappa shape index (κ1) is 12.8. The first-order chi connectivity index (χ1) is 7.59. The summed E-state index contributed by atoms with van der Waals surface area (Å²) in [4.78, 5) is 24.5. The second kappa shape index (κ2) is 6.32. The average Bonchev–Trinajstić information content (AvgIpc) is 2.26. The van der Waals surface area contributed by atoms with Crippen LogP contribution >= 0.6 is 0 Å². The average molecular weight is 229 g/mol. The lowest BCUT2D eigenvalue weighted by atomic mass is 10.4. The number of nitrogens with zero attached hydrogens (tertiary/aromatic N) is 1. The van der Waals surface area contributed by atoms with Crippen molar-refractivity contribution in [1.29, 1.82) is 0 Å². The number of ether oxygens (including phenoxy) is 1. The molecule has 16 heavy (non-hydrogen) atoms. The highest BCUT2D eigenvalue weighted by molar-refractivity contribution is 5.84. The standard InChI is InChI=1S/C10H19N3O3/c1-8(2)12-10(15)11-7-9(14)13-3-5-16-6-4-13/h8H,3-7H2,1-2H3,(H2,11,12,15). The smallest absolute Gasteiger partial charge is 0.315 e. The number of hydrogen-bond acceptors (Lipinski definition) is 3. The minimum Gasteiger partial charge on any atom is -0.378 e. The van der Waals surface area contributed by atoms with E-state index in [9.17, 15) is 9.59 Å². The van der Waals surface area contributed by atoms with Crippen molar-refractivity contribution in [3.05, 3.63) is 0 Å². The van der Waals surface area contributed by atoms with E-state index in [-0.39, 0.29) is 24.5 Å². The van der Waals surface area contributed by atoms with Gasteiger partial charge in [-0.3, -0.25) is 4.79 Å². The summed E-state index contributed by atoms with van der Waals surface area (Å²) in [5.41, 5.74) is 0. The van der Waals surface area contributed by atoms with Crippen molar-refractivity contribution >= 4 is 11.9 Å². The van der Waals surface area contributed by atoms with Crippen LogP contribution in [0.4, 0.5) is 4.79 Å². The molecule has 3 amide bonds. The Kier molecular flexibility index (Phi) is 5.04. The molecule has 6 heteroatoms. The molecule has 1 rings (SSSR count). The summed E-state index contributed by atoms with van der Waals surface area (Å²) in [7, 11) is 0. The van der Waals surface area contributed by atoms with Gasteiger partial charge in [0.15, 0.2) is 0 Å². The summed E-state index contributed by atoms with van der Waals surface area (Å²) < 4.78 is 5.13. The van der Waals surface area contributed by atoms with E-state index in [2.05, 4.69) is 10.6 Å². The van der Waals surface area contributed by atoms with Gasteiger partial charge >= 0.3 is 6.03 Å².